The second-order valence-electron chi connectivity index (χ2n) is 8.15. The van der Waals surface area contributed by atoms with Gasteiger partial charge in [0.25, 0.3) is 5.91 Å². The van der Waals surface area contributed by atoms with Crippen LogP contribution in [0.3, 0.4) is 0 Å². The number of para-hydroxylation sites is 1. The first kappa shape index (κ1) is 22.1. The van der Waals surface area contributed by atoms with E-state index < -0.39 is 5.91 Å². The van der Waals surface area contributed by atoms with Crippen LogP contribution in [0.1, 0.15) is 21.6 Å². The summed E-state index contributed by atoms with van der Waals surface area (Å²) in [6.07, 6.45) is 1.57. The van der Waals surface area contributed by atoms with Crippen molar-refractivity contribution in [1.29, 1.82) is 0 Å². The van der Waals surface area contributed by atoms with Crippen molar-refractivity contribution < 1.29 is 9.53 Å². The summed E-state index contributed by atoms with van der Waals surface area (Å²) in [5.74, 6) is 0.329. The topological polar surface area (TPSA) is 68.5 Å². The van der Waals surface area contributed by atoms with Gasteiger partial charge in [-0.15, -0.1) is 0 Å². The van der Waals surface area contributed by atoms with Gasteiger partial charge in [0.05, 0.1) is 24.7 Å². The molecule has 1 amide bonds. The number of aromatic nitrogens is 2. The fraction of sp³-hybridized carbons (Fsp3) is 0.0690. The third-order valence-corrected chi connectivity index (χ3v) is 5.80. The summed E-state index contributed by atoms with van der Waals surface area (Å²) in [5, 5.41) is 11.0. The summed E-state index contributed by atoms with van der Waals surface area (Å²) in [4.78, 5) is 13.0. The van der Waals surface area contributed by atoms with E-state index >= 15 is 0 Å². The number of carbonyl (C=O) groups is 1. The molecule has 0 aliphatic carbocycles. The minimum absolute atomic E-state index is 0.277. The van der Waals surface area contributed by atoms with Gasteiger partial charge in [-0.1, -0.05) is 66.7 Å². The van der Waals surface area contributed by atoms with E-state index in [2.05, 4.69) is 46.0 Å². The molecule has 1 N–H and O–H groups in total. The number of rotatable bonds is 6. The maximum Gasteiger partial charge on any atom is 0.291 e. The Labute approximate surface area is 203 Å². The maximum absolute atomic E-state index is 13.0. The molecule has 6 nitrogen and oxygen atoms in total. The first-order valence-corrected chi connectivity index (χ1v) is 11.2. The number of nitrogens with one attached hydrogen (secondary N) is 1. The molecule has 0 spiro atoms. The Morgan fingerprint density at radius 1 is 0.914 bits per heavy atom. The molecule has 4 aromatic carbocycles. The highest BCUT2D eigenvalue weighted by molar-refractivity contribution is 5.95. The number of hydrazone groups is 1. The predicted molar refractivity (Wildman–Crippen MR) is 139 cm³/mol. The Balaban J connectivity index is 1.50. The zero-order chi connectivity index (χ0) is 24.2. The average molecular weight is 461 g/mol. The van der Waals surface area contributed by atoms with Gasteiger partial charge in [-0.05, 0) is 59.2 Å². The van der Waals surface area contributed by atoms with E-state index in [0.717, 1.165) is 44.6 Å². The van der Waals surface area contributed by atoms with Crippen LogP contribution in [0, 0.1) is 6.92 Å². The standard InChI is InChI=1S/C29H24N4O2/c1-20-8-3-6-13-27(20)33-28(24-15-14-22-10-4-5-11-23(22)17-24)18-26(32-33)29(34)31-30-19-21-9-7-12-25(16-21)35-2/h3-19H,1-2H3,(H,31,34)/b30-19-. The summed E-state index contributed by atoms with van der Waals surface area (Å²) in [5.41, 5.74) is 7.44. The normalized spacial score (nSPS) is 11.1. The van der Waals surface area contributed by atoms with E-state index in [4.69, 9.17) is 4.74 Å². The molecule has 5 rings (SSSR count). The molecule has 1 heterocycles. The highest BCUT2D eigenvalue weighted by atomic mass is 16.5. The summed E-state index contributed by atoms with van der Waals surface area (Å²) in [7, 11) is 1.61. The summed E-state index contributed by atoms with van der Waals surface area (Å²) in [6.45, 7) is 2.03. The van der Waals surface area contributed by atoms with Crippen LogP contribution in [0.5, 0.6) is 5.75 Å². The lowest BCUT2D eigenvalue weighted by atomic mass is 10.0. The number of amides is 1. The molecule has 0 radical (unpaired) electrons. The van der Waals surface area contributed by atoms with E-state index in [9.17, 15) is 4.79 Å². The highest BCUT2D eigenvalue weighted by Crippen LogP contribution is 2.28. The van der Waals surface area contributed by atoms with Gasteiger partial charge in [0, 0.05) is 5.56 Å². The van der Waals surface area contributed by atoms with Crippen LogP contribution in [0.2, 0.25) is 0 Å². The van der Waals surface area contributed by atoms with Crippen LogP contribution >= 0.6 is 0 Å². The van der Waals surface area contributed by atoms with Crippen LogP contribution in [-0.4, -0.2) is 29.0 Å². The van der Waals surface area contributed by atoms with Crippen molar-refractivity contribution in [2.24, 2.45) is 5.10 Å². The molecule has 0 aliphatic rings. The van der Waals surface area contributed by atoms with Gasteiger partial charge in [0.1, 0.15) is 5.75 Å². The van der Waals surface area contributed by atoms with Gasteiger partial charge in [0.2, 0.25) is 0 Å². The SMILES string of the molecule is COc1cccc(/C=N\NC(=O)c2cc(-c3ccc4ccccc4c3)n(-c3ccccc3C)n2)c1. The summed E-state index contributed by atoms with van der Waals surface area (Å²) < 4.78 is 7.05. The van der Waals surface area contributed by atoms with Crippen LogP contribution in [0.15, 0.2) is 102 Å². The van der Waals surface area contributed by atoms with E-state index in [1.54, 1.807) is 19.4 Å². The van der Waals surface area contributed by atoms with E-state index in [1.807, 2.05) is 72.3 Å². The molecular weight excluding hydrogens is 436 g/mol. The molecular formula is C29H24N4O2. The zero-order valence-corrected chi connectivity index (χ0v) is 19.5. The lowest BCUT2D eigenvalue weighted by Crippen LogP contribution is -2.18. The van der Waals surface area contributed by atoms with Crippen LogP contribution in [-0.2, 0) is 0 Å². The molecule has 6 heteroatoms. The Morgan fingerprint density at radius 2 is 1.71 bits per heavy atom. The lowest BCUT2D eigenvalue weighted by molar-refractivity contribution is 0.0949. The van der Waals surface area contributed by atoms with Crippen LogP contribution in [0.25, 0.3) is 27.7 Å². The molecule has 0 atom stereocenters. The number of hydrogen-bond acceptors (Lipinski definition) is 4. The Hall–Kier alpha value is -4.71. The molecule has 35 heavy (non-hydrogen) atoms. The van der Waals surface area contributed by atoms with Crippen molar-refractivity contribution in [2.75, 3.05) is 7.11 Å². The predicted octanol–water partition coefficient (Wildman–Crippen LogP) is 5.77. The number of carbonyl (C=O) groups excluding carboxylic acids is 1. The van der Waals surface area contributed by atoms with Gasteiger partial charge in [-0.2, -0.15) is 10.2 Å². The third-order valence-electron chi connectivity index (χ3n) is 5.80. The molecule has 172 valence electrons. The number of hydrogen-bond donors (Lipinski definition) is 1. The molecule has 5 aromatic rings. The van der Waals surface area contributed by atoms with Gasteiger partial charge >= 0.3 is 0 Å². The van der Waals surface area contributed by atoms with Crippen molar-refractivity contribution in [3.63, 3.8) is 0 Å². The van der Waals surface area contributed by atoms with Crippen LogP contribution < -0.4 is 10.2 Å². The molecule has 0 unspecified atom stereocenters. The molecule has 0 aliphatic heterocycles. The van der Waals surface area contributed by atoms with Gasteiger partial charge in [-0.3, -0.25) is 4.79 Å². The molecule has 0 bridgehead atoms. The first-order chi connectivity index (χ1) is 17.1. The van der Waals surface area contributed by atoms with E-state index in [0.29, 0.717) is 0 Å². The number of nitrogens with zero attached hydrogens (tertiary/aromatic N) is 3. The Morgan fingerprint density at radius 3 is 2.54 bits per heavy atom. The number of methoxy groups -OCH3 is 1. The zero-order valence-electron chi connectivity index (χ0n) is 19.5. The Bertz CT molecular complexity index is 1550. The number of ether oxygens (including phenoxy) is 1. The minimum Gasteiger partial charge on any atom is -0.497 e. The molecule has 0 saturated carbocycles. The second kappa shape index (κ2) is 9.65. The van der Waals surface area contributed by atoms with Gasteiger partial charge in [-0.25, -0.2) is 10.1 Å². The largest absolute Gasteiger partial charge is 0.497 e. The Kier molecular flexibility index (Phi) is 6.09. The van der Waals surface area contributed by atoms with E-state index in [1.165, 1.54) is 0 Å². The van der Waals surface area contributed by atoms with Gasteiger partial charge in [0.15, 0.2) is 5.69 Å². The van der Waals surface area contributed by atoms with Crippen molar-refractivity contribution in [3.8, 4) is 22.7 Å². The third kappa shape index (κ3) is 4.68. The maximum atomic E-state index is 13.0. The summed E-state index contributed by atoms with van der Waals surface area (Å²) in [6, 6.07) is 31.6. The average Bonchev–Trinajstić information content (AvgIpc) is 3.34. The van der Waals surface area contributed by atoms with Crippen molar-refractivity contribution >= 4 is 22.9 Å². The van der Waals surface area contributed by atoms with Crippen LogP contribution in [0.4, 0.5) is 0 Å². The molecule has 0 fully saturated rings. The molecule has 1 aromatic heterocycles. The lowest BCUT2D eigenvalue weighted by Gasteiger charge is -2.11. The highest BCUT2D eigenvalue weighted by Gasteiger charge is 2.18. The van der Waals surface area contributed by atoms with Crippen molar-refractivity contribution in [1.82, 2.24) is 15.2 Å². The number of aryl methyl sites for hydroxylation is 1. The monoisotopic (exact) mass is 460 g/mol. The number of benzene rings is 4. The van der Waals surface area contributed by atoms with E-state index in [-0.39, 0.29) is 5.69 Å². The smallest absolute Gasteiger partial charge is 0.291 e. The van der Waals surface area contributed by atoms with Gasteiger partial charge < -0.3 is 4.74 Å². The second-order valence-corrected chi connectivity index (χ2v) is 8.15. The summed E-state index contributed by atoms with van der Waals surface area (Å²) >= 11 is 0. The first-order valence-electron chi connectivity index (χ1n) is 11.2. The quantitative estimate of drug-likeness (QED) is 0.258. The number of fused-ring (bicyclic) bond motifs is 1. The molecule has 0 saturated heterocycles. The fourth-order valence-electron chi connectivity index (χ4n) is 3.98. The van der Waals surface area contributed by atoms with Crippen molar-refractivity contribution in [2.45, 2.75) is 6.92 Å². The fourth-order valence-corrected chi connectivity index (χ4v) is 3.98. The minimum atomic E-state index is -0.390. The van der Waals surface area contributed by atoms with Crippen molar-refractivity contribution in [3.05, 3.63) is 114 Å².